The number of nitrogens with zero attached hydrogens (tertiary/aromatic N) is 1. The number of hydrogen-bond acceptors (Lipinski definition) is 2. The lowest BCUT2D eigenvalue weighted by molar-refractivity contribution is -0.0244. The van der Waals surface area contributed by atoms with Gasteiger partial charge in [0, 0.05) is 0 Å². The Bertz CT molecular complexity index is 153. The summed E-state index contributed by atoms with van der Waals surface area (Å²) in [5.74, 6) is 0. The molecule has 2 heteroatoms. The Labute approximate surface area is 62.5 Å². The molecule has 0 amide bonds. The molecule has 10 heavy (non-hydrogen) atoms. The zero-order chi connectivity index (χ0) is 8.41. The van der Waals surface area contributed by atoms with Crippen molar-refractivity contribution in [1.82, 2.24) is 0 Å². The van der Waals surface area contributed by atoms with Gasteiger partial charge in [0.05, 0.1) is 17.1 Å². The molecule has 58 valence electrons. The topological polar surface area (TPSA) is 44.0 Å². The summed E-state index contributed by atoms with van der Waals surface area (Å²) < 4.78 is 0. The molecule has 0 rings (SSSR count). The first-order valence-corrected chi connectivity index (χ1v) is 3.51. The van der Waals surface area contributed by atoms with E-state index in [2.05, 4.69) is 6.07 Å². The fraction of sp³-hybridized carbons (Fsp3) is 0.875. The first-order chi connectivity index (χ1) is 4.37. The zero-order valence-electron chi connectivity index (χ0n) is 7.10. The van der Waals surface area contributed by atoms with Gasteiger partial charge in [0.25, 0.3) is 0 Å². The van der Waals surface area contributed by atoms with Crippen LogP contribution in [-0.2, 0) is 0 Å². The highest BCUT2D eigenvalue weighted by molar-refractivity contribution is 5.03. The van der Waals surface area contributed by atoms with Crippen LogP contribution in [0, 0.1) is 16.7 Å². The highest BCUT2D eigenvalue weighted by Crippen LogP contribution is 2.31. The summed E-state index contributed by atoms with van der Waals surface area (Å²) in [7, 11) is 0. The third-order valence-corrected chi connectivity index (χ3v) is 2.31. The molecule has 1 N–H and O–H groups in total. The van der Waals surface area contributed by atoms with Gasteiger partial charge < -0.3 is 5.11 Å². The highest BCUT2D eigenvalue weighted by Gasteiger charge is 2.37. The van der Waals surface area contributed by atoms with Crippen LogP contribution < -0.4 is 0 Å². The maximum Gasteiger partial charge on any atom is 0.0801 e. The monoisotopic (exact) mass is 141 g/mol. The average Bonchev–Trinajstić information content (AvgIpc) is 1.88. The summed E-state index contributed by atoms with van der Waals surface area (Å²) in [6, 6.07) is 2.08. The van der Waals surface area contributed by atoms with Crippen LogP contribution in [0.1, 0.15) is 34.1 Å². The van der Waals surface area contributed by atoms with Crippen molar-refractivity contribution in [3.8, 4) is 6.07 Å². The lowest BCUT2D eigenvalue weighted by Crippen LogP contribution is -2.40. The summed E-state index contributed by atoms with van der Waals surface area (Å²) in [4.78, 5) is 0. The molecule has 1 atom stereocenters. The van der Waals surface area contributed by atoms with Crippen LogP contribution in [0.3, 0.4) is 0 Å². The van der Waals surface area contributed by atoms with Crippen LogP contribution in [0.15, 0.2) is 0 Å². The maximum absolute atomic E-state index is 9.63. The van der Waals surface area contributed by atoms with Gasteiger partial charge in [0.15, 0.2) is 0 Å². The SMILES string of the molecule is CCC(C)(O)C(C)(C)C#N. The van der Waals surface area contributed by atoms with E-state index < -0.39 is 11.0 Å². The van der Waals surface area contributed by atoms with E-state index in [0.717, 1.165) is 0 Å². The van der Waals surface area contributed by atoms with Crippen LogP contribution >= 0.6 is 0 Å². The third kappa shape index (κ3) is 1.48. The van der Waals surface area contributed by atoms with Gasteiger partial charge >= 0.3 is 0 Å². The molecular formula is C8H15NO. The second-order valence-corrected chi connectivity index (χ2v) is 3.36. The van der Waals surface area contributed by atoms with Crippen molar-refractivity contribution >= 4 is 0 Å². The van der Waals surface area contributed by atoms with Crippen molar-refractivity contribution in [1.29, 1.82) is 5.26 Å². The maximum atomic E-state index is 9.63. The van der Waals surface area contributed by atoms with Crippen LogP contribution in [0.2, 0.25) is 0 Å². The minimum atomic E-state index is -0.873. The molecule has 1 unspecified atom stereocenters. The van der Waals surface area contributed by atoms with Crippen molar-refractivity contribution in [2.24, 2.45) is 5.41 Å². The standard InChI is InChI=1S/C8H15NO/c1-5-8(4,10)7(2,3)6-9/h10H,5H2,1-4H3. The zero-order valence-corrected chi connectivity index (χ0v) is 7.10. The van der Waals surface area contributed by atoms with E-state index in [-0.39, 0.29) is 0 Å². The molecular weight excluding hydrogens is 126 g/mol. The predicted octanol–water partition coefficient (Wildman–Crippen LogP) is 1.70. The minimum absolute atomic E-state index is 0.605. The summed E-state index contributed by atoms with van der Waals surface area (Å²) in [5, 5.41) is 18.3. The van der Waals surface area contributed by atoms with Crippen LogP contribution in [-0.4, -0.2) is 10.7 Å². The van der Waals surface area contributed by atoms with Crippen molar-refractivity contribution < 1.29 is 5.11 Å². The number of aliphatic hydroxyl groups is 1. The molecule has 0 bridgehead atoms. The summed E-state index contributed by atoms with van der Waals surface area (Å²) in [6.07, 6.45) is 0.605. The van der Waals surface area contributed by atoms with E-state index in [0.29, 0.717) is 6.42 Å². The van der Waals surface area contributed by atoms with E-state index in [9.17, 15) is 5.11 Å². The molecule has 0 saturated carbocycles. The van der Waals surface area contributed by atoms with Crippen LogP contribution in [0.4, 0.5) is 0 Å². The Morgan fingerprint density at radius 2 is 1.80 bits per heavy atom. The molecule has 0 aromatic rings. The lowest BCUT2D eigenvalue weighted by Gasteiger charge is -2.33. The molecule has 0 aliphatic carbocycles. The number of hydrogen-bond donors (Lipinski definition) is 1. The molecule has 0 fully saturated rings. The first-order valence-electron chi connectivity index (χ1n) is 3.51. The van der Waals surface area contributed by atoms with Gasteiger partial charge in [-0.15, -0.1) is 0 Å². The van der Waals surface area contributed by atoms with Crippen molar-refractivity contribution in [3.63, 3.8) is 0 Å². The average molecular weight is 141 g/mol. The fourth-order valence-corrected chi connectivity index (χ4v) is 0.562. The van der Waals surface area contributed by atoms with Gasteiger partial charge in [-0.25, -0.2) is 0 Å². The van der Waals surface area contributed by atoms with E-state index in [1.54, 1.807) is 20.8 Å². The van der Waals surface area contributed by atoms with E-state index in [1.165, 1.54) is 0 Å². The number of nitriles is 1. The Kier molecular flexibility index (Phi) is 2.45. The van der Waals surface area contributed by atoms with Gasteiger partial charge in [-0.1, -0.05) is 6.92 Å². The van der Waals surface area contributed by atoms with Crippen molar-refractivity contribution in [2.75, 3.05) is 0 Å². The molecule has 0 aromatic carbocycles. The Hall–Kier alpha value is -0.550. The second-order valence-electron chi connectivity index (χ2n) is 3.36. The molecule has 0 heterocycles. The van der Waals surface area contributed by atoms with E-state index >= 15 is 0 Å². The van der Waals surface area contributed by atoms with Crippen LogP contribution in [0.25, 0.3) is 0 Å². The van der Waals surface area contributed by atoms with Gasteiger partial charge in [-0.05, 0) is 27.2 Å². The summed E-state index contributed by atoms with van der Waals surface area (Å²) >= 11 is 0. The predicted molar refractivity (Wildman–Crippen MR) is 40.3 cm³/mol. The van der Waals surface area contributed by atoms with Crippen molar-refractivity contribution in [3.05, 3.63) is 0 Å². The Morgan fingerprint density at radius 3 is 1.90 bits per heavy atom. The molecule has 0 aliphatic rings. The summed E-state index contributed by atoms with van der Waals surface area (Å²) in [5.41, 5.74) is -1.52. The normalized spacial score (nSPS) is 17.6. The van der Waals surface area contributed by atoms with Gasteiger partial charge in [0.2, 0.25) is 0 Å². The van der Waals surface area contributed by atoms with Gasteiger partial charge in [-0.2, -0.15) is 5.26 Å². The minimum Gasteiger partial charge on any atom is -0.389 e. The first kappa shape index (κ1) is 9.45. The van der Waals surface area contributed by atoms with Crippen molar-refractivity contribution in [2.45, 2.75) is 39.7 Å². The Balaban J connectivity index is 4.49. The molecule has 0 aromatic heterocycles. The fourth-order valence-electron chi connectivity index (χ4n) is 0.562. The highest BCUT2D eigenvalue weighted by atomic mass is 16.3. The van der Waals surface area contributed by atoms with Gasteiger partial charge in [-0.3, -0.25) is 0 Å². The lowest BCUT2D eigenvalue weighted by atomic mass is 9.76. The molecule has 0 radical (unpaired) electrons. The third-order valence-electron chi connectivity index (χ3n) is 2.31. The van der Waals surface area contributed by atoms with E-state index in [1.807, 2.05) is 6.92 Å². The van der Waals surface area contributed by atoms with Crippen LogP contribution in [0.5, 0.6) is 0 Å². The molecule has 0 spiro atoms. The molecule has 2 nitrogen and oxygen atoms in total. The Morgan fingerprint density at radius 1 is 1.40 bits per heavy atom. The number of rotatable bonds is 2. The molecule has 0 aliphatic heterocycles. The van der Waals surface area contributed by atoms with Gasteiger partial charge in [0.1, 0.15) is 0 Å². The smallest absolute Gasteiger partial charge is 0.0801 e. The molecule has 0 saturated heterocycles. The van der Waals surface area contributed by atoms with E-state index in [4.69, 9.17) is 5.26 Å². The largest absolute Gasteiger partial charge is 0.389 e. The summed E-state index contributed by atoms with van der Waals surface area (Å²) in [6.45, 7) is 7.06. The quantitative estimate of drug-likeness (QED) is 0.636. The second kappa shape index (κ2) is 2.59.